The van der Waals surface area contributed by atoms with E-state index in [2.05, 4.69) is 10.3 Å². The molecule has 0 saturated heterocycles. The van der Waals surface area contributed by atoms with Crippen molar-refractivity contribution < 1.29 is 32.3 Å². The number of pyridine rings is 1. The first-order chi connectivity index (χ1) is 16.1. The maximum absolute atomic E-state index is 13.5. The second-order valence-corrected chi connectivity index (χ2v) is 10.4. The highest BCUT2D eigenvalue weighted by Crippen LogP contribution is 2.38. The Morgan fingerprint density at radius 3 is 2.56 bits per heavy atom. The van der Waals surface area contributed by atoms with Gasteiger partial charge in [0.05, 0.1) is 48.0 Å². The van der Waals surface area contributed by atoms with Gasteiger partial charge in [0.1, 0.15) is 9.84 Å². The molecule has 1 aromatic heterocycles. The van der Waals surface area contributed by atoms with Crippen molar-refractivity contribution in [3.63, 3.8) is 0 Å². The number of sulfone groups is 1. The number of carbonyl (C=O) groups is 3. The number of hydrogen-bond acceptors (Lipinski definition) is 8. The maximum Gasteiger partial charge on any atom is 0.264 e. The highest BCUT2D eigenvalue weighted by Gasteiger charge is 2.44. The number of fused-ring (bicyclic) bond motifs is 1. The number of benzene rings is 1. The molecule has 1 atom stereocenters. The van der Waals surface area contributed by atoms with Crippen LogP contribution in [-0.4, -0.2) is 61.7 Å². The number of nitrogens with zero attached hydrogens (tertiary/aromatic N) is 2. The van der Waals surface area contributed by atoms with Crippen molar-refractivity contribution in [2.75, 3.05) is 31.0 Å². The largest absolute Gasteiger partial charge is 0.491 e. The van der Waals surface area contributed by atoms with Crippen molar-refractivity contribution in [1.29, 1.82) is 0 Å². The Bertz CT molecular complexity index is 1270. The molecule has 2 aromatic rings. The summed E-state index contributed by atoms with van der Waals surface area (Å²) in [5.74, 6) is -1.75. The van der Waals surface area contributed by atoms with Gasteiger partial charge in [0.2, 0.25) is 5.91 Å². The Balaban J connectivity index is 1.76. The third kappa shape index (κ3) is 4.60. The van der Waals surface area contributed by atoms with Gasteiger partial charge >= 0.3 is 0 Å². The summed E-state index contributed by atoms with van der Waals surface area (Å²) in [6, 6.07) is 6.43. The number of amides is 3. The van der Waals surface area contributed by atoms with Crippen LogP contribution in [0.5, 0.6) is 11.6 Å². The van der Waals surface area contributed by atoms with Gasteiger partial charge in [-0.1, -0.05) is 6.07 Å². The Kier molecular flexibility index (Phi) is 6.30. The van der Waals surface area contributed by atoms with Crippen molar-refractivity contribution in [1.82, 2.24) is 9.88 Å². The zero-order valence-corrected chi connectivity index (χ0v) is 19.8. The first kappa shape index (κ1) is 23.7. The maximum atomic E-state index is 13.5. The van der Waals surface area contributed by atoms with Crippen LogP contribution in [0.4, 0.5) is 5.69 Å². The quantitative estimate of drug-likeness (QED) is 0.533. The summed E-state index contributed by atoms with van der Waals surface area (Å²) in [5.41, 5.74) is 0.521. The van der Waals surface area contributed by atoms with Crippen LogP contribution in [0.3, 0.4) is 0 Å². The van der Waals surface area contributed by atoms with Crippen LogP contribution in [-0.2, 0) is 14.6 Å². The predicted octanol–water partition coefficient (Wildman–Crippen LogP) is 2.22. The summed E-state index contributed by atoms with van der Waals surface area (Å²) in [5, 5.41) is 2.73. The van der Waals surface area contributed by atoms with Gasteiger partial charge in [-0.2, -0.15) is 0 Å². The molecule has 34 heavy (non-hydrogen) atoms. The van der Waals surface area contributed by atoms with Crippen LogP contribution in [0.2, 0.25) is 0 Å². The molecule has 0 bridgehead atoms. The molecule has 1 aromatic carbocycles. The highest BCUT2D eigenvalue weighted by atomic mass is 32.2. The lowest BCUT2D eigenvalue weighted by Gasteiger charge is -2.26. The minimum atomic E-state index is -3.64. The van der Waals surface area contributed by atoms with E-state index < -0.39 is 33.4 Å². The van der Waals surface area contributed by atoms with Crippen LogP contribution in [0.25, 0.3) is 0 Å². The average molecular weight is 488 g/mol. The molecule has 1 N–H and O–H groups in total. The van der Waals surface area contributed by atoms with Gasteiger partial charge < -0.3 is 14.8 Å². The molecule has 1 aliphatic carbocycles. The molecular formula is C23H25N3O7S. The average Bonchev–Trinajstić information content (AvgIpc) is 3.60. The third-order valence-corrected chi connectivity index (χ3v) is 6.54. The molecule has 0 spiro atoms. The van der Waals surface area contributed by atoms with Gasteiger partial charge in [0.25, 0.3) is 17.7 Å². The number of nitrogens with one attached hydrogen (secondary N) is 1. The smallest absolute Gasteiger partial charge is 0.264 e. The van der Waals surface area contributed by atoms with Crippen molar-refractivity contribution in [3.8, 4) is 11.6 Å². The van der Waals surface area contributed by atoms with Crippen molar-refractivity contribution in [2.45, 2.75) is 25.8 Å². The molecule has 4 rings (SSSR count). The van der Waals surface area contributed by atoms with Crippen LogP contribution >= 0.6 is 0 Å². The van der Waals surface area contributed by atoms with E-state index in [4.69, 9.17) is 9.47 Å². The number of methoxy groups -OCH3 is 1. The lowest BCUT2D eigenvalue weighted by molar-refractivity contribution is -0.117. The van der Waals surface area contributed by atoms with E-state index in [-0.39, 0.29) is 46.8 Å². The number of carbonyl (C=O) groups excluding carboxylic acids is 3. The molecule has 1 aliphatic heterocycles. The fraction of sp³-hybridized carbons (Fsp3) is 0.391. The third-order valence-electron chi connectivity index (χ3n) is 5.61. The van der Waals surface area contributed by atoms with E-state index in [0.717, 1.165) is 24.0 Å². The van der Waals surface area contributed by atoms with Crippen molar-refractivity contribution in [3.05, 3.63) is 47.2 Å². The highest BCUT2D eigenvalue weighted by molar-refractivity contribution is 7.90. The Hall–Kier alpha value is -3.47. The monoisotopic (exact) mass is 487 g/mol. The Morgan fingerprint density at radius 1 is 1.21 bits per heavy atom. The standard InChI is InChI=1S/C23H25N3O7S/c1-4-33-21-18(32-2)11-10-15(25-21)17(12-34(3,30)31)26-22(28)14-6-5-7-16(19(14)23(26)29)24-20(27)13-8-9-13/h5-7,10-11,13,17H,4,8-9,12H2,1-3H3,(H,24,27)/t17-/m0/s1. The minimum absolute atomic E-state index is 0.0403. The number of anilines is 1. The van der Waals surface area contributed by atoms with E-state index >= 15 is 0 Å². The molecule has 1 saturated carbocycles. The van der Waals surface area contributed by atoms with Gasteiger partial charge in [-0.15, -0.1) is 0 Å². The molecule has 0 radical (unpaired) electrons. The summed E-state index contributed by atoms with van der Waals surface area (Å²) in [6.07, 6.45) is 2.58. The van der Waals surface area contributed by atoms with Gasteiger partial charge in [0, 0.05) is 12.2 Å². The fourth-order valence-corrected chi connectivity index (χ4v) is 4.77. The minimum Gasteiger partial charge on any atom is -0.491 e. The van der Waals surface area contributed by atoms with E-state index in [1.807, 2.05) is 0 Å². The van der Waals surface area contributed by atoms with E-state index in [1.165, 1.54) is 19.2 Å². The van der Waals surface area contributed by atoms with Crippen LogP contribution in [0, 0.1) is 5.92 Å². The zero-order chi connectivity index (χ0) is 24.6. The molecule has 2 heterocycles. The number of hydrogen-bond donors (Lipinski definition) is 1. The Morgan fingerprint density at radius 2 is 1.94 bits per heavy atom. The van der Waals surface area contributed by atoms with Crippen LogP contribution < -0.4 is 14.8 Å². The molecule has 10 nitrogen and oxygen atoms in total. The molecule has 11 heteroatoms. The normalized spacial score (nSPS) is 16.3. The molecule has 2 aliphatic rings. The first-order valence-electron chi connectivity index (χ1n) is 10.8. The van der Waals surface area contributed by atoms with Crippen LogP contribution in [0.1, 0.15) is 52.2 Å². The van der Waals surface area contributed by atoms with Crippen LogP contribution in [0.15, 0.2) is 30.3 Å². The van der Waals surface area contributed by atoms with Crippen molar-refractivity contribution >= 4 is 33.2 Å². The van der Waals surface area contributed by atoms with Gasteiger partial charge in [-0.25, -0.2) is 13.4 Å². The second-order valence-electron chi connectivity index (χ2n) is 8.26. The second kappa shape index (κ2) is 9.05. The SMILES string of the molecule is CCOc1nc([C@H](CS(C)(=O)=O)N2C(=O)c3cccc(NC(=O)C4CC4)c3C2=O)ccc1OC. The van der Waals surface area contributed by atoms with Gasteiger partial charge in [0.15, 0.2) is 5.75 Å². The van der Waals surface area contributed by atoms with Gasteiger partial charge in [-0.3, -0.25) is 19.3 Å². The summed E-state index contributed by atoms with van der Waals surface area (Å²) in [4.78, 5) is 44.4. The van der Waals surface area contributed by atoms with E-state index in [1.54, 1.807) is 25.1 Å². The van der Waals surface area contributed by atoms with Gasteiger partial charge in [-0.05, 0) is 44.0 Å². The predicted molar refractivity (Wildman–Crippen MR) is 123 cm³/mol. The summed E-state index contributed by atoms with van der Waals surface area (Å²) in [6.45, 7) is 2.03. The number of aromatic nitrogens is 1. The topological polar surface area (TPSA) is 132 Å². The zero-order valence-electron chi connectivity index (χ0n) is 19.0. The summed E-state index contributed by atoms with van der Waals surface area (Å²) in [7, 11) is -2.20. The number of ether oxygens (including phenoxy) is 2. The summed E-state index contributed by atoms with van der Waals surface area (Å²) >= 11 is 0. The van der Waals surface area contributed by atoms with E-state index in [0.29, 0.717) is 5.75 Å². The Labute approximate surface area is 197 Å². The molecule has 0 unspecified atom stereocenters. The lowest BCUT2D eigenvalue weighted by Crippen LogP contribution is -2.38. The number of rotatable bonds is 9. The molecular weight excluding hydrogens is 462 g/mol. The molecule has 3 amide bonds. The number of imide groups is 1. The fourth-order valence-electron chi connectivity index (χ4n) is 3.87. The first-order valence-corrected chi connectivity index (χ1v) is 12.9. The van der Waals surface area contributed by atoms with Crippen molar-refractivity contribution in [2.24, 2.45) is 5.92 Å². The molecule has 180 valence electrons. The molecule has 1 fully saturated rings. The lowest BCUT2D eigenvalue weighted by atomic mass is 10.1. The summed E-state index contributed by atoms with van der Waals surface area (Å²) < 4.78 is 35.3. The van der Waals surface area contributed by atoms with E-state index in [9.17, 15) is 22.8 Å².